The van der Waals surface area contributed by atoms with E-state index in [1.807, 2.05) is 0 Å². The molecule has 1 atom stereocenters. The summed E-state index contributed by atoms with van der Waals surface area (Å²) in [5, 5.41) is 11.7. The van der Waals surface area contributed by atoms with Crippen molar-refractivity contribution in [3.63, 3.8) is 0 Å². The molecule has 19 heavy (non-hydrogen) atoms. The van der Waals surface area contributed by atoms with Crippen molar-refractivity contribution < 1.29 is 19.4 Å². The van der Waals surface area contributed by atoms with Crippen molar-refractivity contribution in [3.05, 3.63) is 0 Å². The molecule has 1 unspecified atom stereocenters. The summed E-state index contributed by atoms with van der Waals surface area (Å²) in [4.78, 5) is 24.3. The van der Waals surface area contributed by atoms with Crippen molar-refractivity contribution in [3.8, 4) is 0 Å². The highest BCUT2D eigenvalue weighted by atomic mass is 16.5. The van der Waals surface area contributed by atoms with Gasteiger partial charge in [0.15, 0.2) is 0 Å². The standard InChI is InChI=1S/C13H22N2O4/c1-13(3-2-4-13)9-14-12(18)15-5-6-19-10(8-15)7-11(16)17/h10H,2-9H2,1H3,(H,14,18)(H,16,17). The van der Waals surface area contributed by atoms with Gasteiger partial charge in [-0.15, -0.1) is 0 Å². The van der Waals surface area contributed by atoms with E-state index in [0.717, 1.165) is 12.8 Å². The van der Waals surface area contributed by atoms with Gasteiger partial charge in [0.2, 0.25) is 0 Å². The minimum atomic E-state index is -0.894. The lowest BCUT2D eigenvalue weighted by Gasteiger charge is -2.39. The summed E-state index contributed by atoms with van der Waals surface area (Å²) in [6.45, 7) is 4.17. The highest BCUT2D eigenvalue weighted by molar-refractivity contribution is 5.74. The van der Waals surface area contributed by atoms with Gasteiger partial charge in [-0.2, -0.15) is 0 Å². The Kier molecular flexibility index (Phi) is 4.29. The van der Waals surface area contributed by atoms with Gasteiger partial charge in [0, 0.05) is 19.6 Å². The number of carboxylic acid groups (broad SMARTS) is 1. The zero-order chi connectivity index (χ0) is 13.9. The molecule has 2 N–H and O–H groups in total. The molecule has 0 aromatic rings. The normalized spacial score (nSPS) is 25.5. The molecular formula is C13H22N2O4. The Morgan fingerprint density at radius 1 is 1.47 bits per heavy atom. The SMILES string of the molecule is CC1(CNC(=O)N2CCOC(CC(=O)O)C2)CCC1. The average molecular weight is 270 g/mol. The average Bonchev–Trinajstić information content (AvgIpc) is 2.33. The van der Waals surface area contributed by atoms with E-state index < -0.39 is 12.1 Å². The maximum Gasteiger partial charge on any atom is 0.317 e. The molecule has 108 valence electrons. The van der Waals surface area contributed by atoms with E-state index in [2.05, 4.69) is 12.2 Å². The van der Waals surface area contributed by atoms with Crippen LogP contribution in [0.2, 0.25) is 0 Å². The maximum absolute atomic E-state index is 12.0. The van der Waals surface area contributed by atoms with E-state index in [0.29, 0.717) is 26.2 Å². The van der Waals surface area contributed by atoms with E-state index in [4.69, 9.17) is 9.84 Å². The first-order chi connectivity index (χ1) is 8.98. The Labute approximate surface area is 113 Å². The van der Waals surface area contributed by atoms with Crippen LogP contribution in [0.1, 0.15) is 32.6 Å². The van der Waals surface area contributed by atoms with Crippen LogP contribution in [0.5, 0.6) is 0 Å². The second-order valence-corrected chi connectivity index (χ2v) is 5.86. The number of carboxylic acids is 1. The molecule has 6 nitrogen and oxygen atoms in total. The Hall–Kier alpha value is -1.30. The largest absolute Gasteiger partial charge is 0.481 e. The highest BCUT2D eigenvalue weighted by Gasteiger charge is 2.33. The fraction of sp³-hybridized carbons (Fsp3) is 0.846. The van der Waals surface area contributed by atoms with Crippen LogP contribution >= 0.6 is 0 Å². The first-order valence-corrected chi connectivity index (χ1v) is 6.85. The summed E-state index contributed by atoms with van der Waals surface area (Å²) in [5.74, 6) is -0.894. The molecule has 1 heterocycles. The molecule has 1 aliphatic heterocycles. The zero-order valence-corrected chi connectivity index (χ0v) is 11.4. The van der Waals surface area contributed by atoms with E-state index in [-0.39, 0.29) is 17.9 Å². The van der Waals surface area contributed by atoms with Crippen molar-refractivity contribution in [2.24, 2.45) is 5.41 Å². The Morgan fingerprint density at radius 3 is 2.79 bits per heavy atom. The Balaban J connectivity index is 1.76. The van der Waals surface area contributed by atoms with Gasteiger partial charge < -0.3 is 20.1 Å². The lowest BCUT2D eigenvalue weighted by molar-refractivity contribution is -0.141. The highest BCUT2D eigenvalue weighted by Crippen LogP contribution is 2.39. The topological polar surface area (TPSA) is 78.9 Å². The number of aliphatic carboxylic acids is 1. The summed E-state index contributed by atoms with van der Waals surface area (Å²) >= 11 is 0. The number of urea groups is 1. The van der Waals surface area contributed by atoms with Crippen LogP contribution in [0.4, 0.5) is 4.79 Å². The van der Waals surface area contributed by atoms with Gasteiger partial charge in [-0.1, -0.05) is 13.3 Å². The molecule has 0 radical (unpaired) electrons. The van der Waals surface area contributed by atoms with Gasteiger partial charge in [0.05, 0.1) is 19.1 Å². The number of morpholine rings is 1. The molecular weight excluding hydrogens is 248 g/mol. The fourth-order valence-corrected chi connectivity index (χ4v) is 2.58. The number of amides is 2. The summed E-state index contributed by atoms with van der Waals surface area (Å²) in [6, 6.07) is -0.105. The Bertz CT molecular complexity index is 355. The van der Waals surface area contributed by atoms with Crippen molar-refractivity contribution >= 4 is 12.0 Å². The summed E-state index contributed by atoms with van der Waals surface area (Å²) in [6.07, 6.45) is 3.12. The molecule has 0 aromatic carbocycles. The summed E-state index contributed by atoms with van der Waals surface area (Å²) in [7, 11) is 0. The maximum atomic E-state index is 12.0. The van der Waals surface area contributed by atoms with Crippen molar-refractivity contribution in [2.45, 2.75) is 38.7 Å². The van der Waals surface area contributed by atoms with Crippen LogP contribution in [0.25, 0.3) is 0 Å². The van der Waals surface area contributed by atoms with E-state index in [1.54, 1.807) is 4.90 Å². The lowest BCUT2D eigenvalue weighted by Crippen LogP contribution is -2.52. The van der Waals surface area contributed by atoms with Gasteiger partial charge in [-0.3, -0.25) is 4.79 Å². The molecule has 2 amide bonds. The number of nitrogens with one attached hydrogen (secondary N) is 1. The molecule has 1 saturated heterocycles. The van der Waals surface area contributed by atoms with Crippen molar-refractivity contribution in [1.29, 1.82) is 0 Å². The number of hydrogen-bond acceptors (Lipinski definition) is 3. The summed E-state index contributed by atoms with van der Waals surface area (Å²) in [5.41, 5.74) is 0.252. The second-order valence-electron chi connectivity index (χ2n) is 5.86. The molecule has 2 aliphatic rings. The minimum Gasteiger partial charge on any atom is -0.481 e. The molecule has 0 aromatic heterocycles. The van der Waals surface area contributed by atoms with Gasteiger partial charge in [-0.25, -0.2) is 4.79 Å². The number of nitrogens with zero attached hydrogens (tertiary/aromatic N) is 1. The molecule has 6 heteroatoms. The van der Waals surface area contributed by atoms with E-state index >= 15 is 0 Å². The monoisotopic (exact) mass is 270 g/mol. The fourth-order valence-electron chi connectivity index (χ4n) is 2.58. The van der Waals surface area contributed by atoms with E-state index in [1.165, 1.54) is 6.42 Å². The number of rotatable bonds is 4. The first kappa shape index (κ1) is 14.1. The van der Waals surface area contributed by atoms with E-state index in [9.17, 15) is 9.59 Å². The van der Waals surface area contributed by atoms with Gasteiger partial charge in [0.25, 0.3) is 0 Å². The van der Waals surface area contributed by atoms with Crippen LogP contribution in [0.3, 0.4) is 0 Å². The van der Waals surface area contributed by atoms with Gasteiger partial charge in [0.1, 0.15) is 0 Å². The van der Waals surface area contributed by atoms with Crippen LogP contribution in [-0.4, -0.2) is 54.4 Å². The Morgan fingerprint density at radius 2 is 2.21 bits per heavy atom. The van der Waals surface area contributed by atoms with Crippen LogP contribution < -0.4 is 5.32 Å². The number of ether oxygens (including phenoxy) is 1. The third kappa shape index (κ3) is 3.83. The molecule has 0 spiro atoms. The van der Waals surface area contributed by atoms with Crippen molar-refractivity contribution in [1.82, 2.24) is 10.2 Å². The number of hydrogen-bond donors (Lipinski definition) is 2. The summed E-state index contributed by atoms with van der Waals surface area (Å²) < 4.78 is 5.34. The molecule has 1 saturated carbocycles. The van der Waals surface area contributed by atoms with Crippen LogP contribution in [0.15, 0.2) is 0 Å². The van der Waals surface area contributed by atoms with Crippen molar-refractivity contribution in [2.75, 3.05) is 26.2 Å². The smallest absolute Gasteiger partial charge is 0.317 e. The van der Waals surface area contributed by atoms with Gasteiger partial charge in [-0.05, 0) is 18.3 Å². The molecule has 1 aliphatic carbocycles. The third-order valence-electron chi connectivity index (χ3n) is 4.06. The first-order valence-electron chi connectivity index (χ1n) is 6.85. The number of carbonyl (C=O) groups is 2. The van der Waals surface area contributed by atoms with Gasteiger partial charge >= 0.3 is 12.0 Å². The zero-order valence-electron chi connectivity index (χ0n) is 11.4. The lowest BCUT2D eigenvalue weighted by atomic mass is 9.70. The predicted molar refractivity (Wildman–Crippen MR) is 68.9 cm³/mol. The molecule has 2 fully saturated rings. The van der Waals surface area contributed by atoms with Crippen LogP contribution in [-0.2, 0) is 9.53 Å². The second kappa shape index (κ2) is 5.77. The minimum absolute atomic E-state index is 0.0541. The molecule has 2 rings (SSSR count). The number of carbonyl (C=O) groups excluding carboxylic acids is 1. The quantitative estimate of drug-likeness (QED) is 0.800. The molecule has 0 bridgehead atoms. The van der Waals surface area contributed by atoms with Crippen LogP contribution in [0, 0.1) is 5.41 Å². The third-order valence-corrected chi connectivity index (χ3v) is 4.06. The predicted octanol–water partition coefficient (Wildman–Crippen LogP) is 1.06.